The Morgan fingerprint density at radius 2 is 2.14 bits per heavy atom. The van der Waals surface area contributed by atoms with E-state index >= 15 is 0 Å². The van der Waals surface area contributed by atoms with Gasteiger partial charge in [0.25, 0.3) is 0 Å². The van der Waals surface area contributed by atoms with Gasteiger partial charge in [0.15, 0.2) is 0 Å². The molecular weight excluding hydrogens is 270 g/mol. The van der Waals surface area contributed by atoms with Gasteiger partial charge in [0.05, 0.1) is 12.7 Å². The molecular formula is C16H19NO4. The molecule has 2 unspecified atom stereocenters. The van der Waals surface area contributed by atoms with Gasteiger partial charge in [0.2, 0.25) is 5.91 Å². The zero-order valence-corrected chi connectivity index (χ0v) is 11.8. The van der Waals surface area contributed by atoms with E-state index in [0.29, 0.717) is 12.2 Å². The van der Waals surface area contributed by atoms with Crippen molar-refractivity contribution in [3.63, 3.8) is 0 Å². The maximum absolute atomic E-state index is 11.9. The van der Waals surface area contributed by atoms with Crippen molar-refractivity contribution in [3.05, 3.63) is 54.0 Å². The van der Waals surface area contributed by atoms with Gasteiger partial charge < -0.3 is 19.9 Å². The minimum absolute atomic E-state index is 0.140. The first-order chi connectivity index (χ1) is 10.0. The highest BCUT2D eigenvalue weighted by Gasteiger charge is 2.16. The predicted molar refractivity (Wildman–Crippen MR) is 77.7 cm³/mol. The summed E-state index contributed by atoms with van der Waals surface area (Å²) >= 11 is 0. The average molecular weight is 289 g/mol. The number of furan rings is 1. The molecule has 1 heterocycles. The Bertz CT molecular complexity index is 580. The molecule has 2 rings (SSSR count). The summed E-state index contributed by atoms with van der Waals surface area (Å²) < 4.78 is 5.12. The number of aliphatic hydroxyl groups is 1. The Balaban J connectivity index is 1.82. The summed E-state index contributed by atoms with van der Waals surface area (Å²) in [5.41, 5.74) is 0.742. The molecule has 0 aliphatic carbocycles. The van der Waals surface area contributed by atoms with E-state index in [2.05, 4.69) is 5.32 Å². The van der Waals surface area contributed by atoms with Crippen molar-refractivity contribution >= 4 is 5.91 Å². The average Bonchev–Trinajstić information content (AvgIpc) is 2.91. The molecule has 21 heavy (non-hydrogen) atoms. The fourth-order valence-electron chi connectivity index (χ4n) is 2.17. The third-order valence-electron chi connectivity index (χ3n) is 3.13. The van der Waals surface area contributed by atoms with Crippen molar-refractivity contribution in [2.45, 2.75) is 31.9 Å². The van der Waals surface area contributed by atoms with Gasteiger partial charge in [-0.1, -0.05) is 12.1 Å². The molecule has 0 radical (unpaired) electrons. The largest absolute Gasteiger partial charge is 0.508 e. The summed E-state index contributed by atoms with van der Waals surface area (Å²) in [5, 5.41) is 22.1. The summed E-state index contributed by atoms with van der Waals surface area (Å²) in [7, 11) is 0. The van der Waals surface area contributed by atoms with Crippen LogP contribution < -0.4 is 5.32 Å². The van der Waals surface area contributed by atoms with Crippen LogP contribution >= 0.6 is 0 Å². The van der Waals surface area contributed by atoms with Crippen LogP contribution in [0, 0.1) is 0 Å². The first kappa shape index (κ1) is 15.1. The molecule has 0 saturated carbocycles. The van der Waals surface area contributed by atoms with Crippen LogP contribution in [0.2, 0.25) is 0 Å². The van der Waals surface area contributed by atoms with E-state index in [1.54, 1.807) is 36.4 Å². The number of phenols is 1. The monoisotopic (exact) mass is 289 g/mol. The molecule has 1 amide bonds. The van der Waals surface area contributed by atoms with Crippen molar-refractivity contribution in [2.24, 2.45) is 0 Å². The second-order valence-electron chi connectivity index (χ2n) is 5.08. The van der Waals surface area contributed by atoms with E-state index in [-0.39, 0.29) is 24.1 Å². The molecule has 2 aromatic rings. The van der Waals surface area contributed by atoms with E-state index in [4.69, 9.17) is 4.42 Å². The Kier molecular flexibility index (Phi) is 5.00. The molecule has 112 valence electrons. The highest BCUT2D eigenvalue weighted by atomic mass is 16.4. The Hall–Kier alpha value is -2.27. The molecule has 0 aliphatic heterocycles. The number of amides is 1. The van der Waals surface area contributed by atoms with Crippen LogP contribution in [0.5, 0.6) is 5.75 Å². The minimum Gasteiger partial charge on any atom is -0.508 e. The van der Waals surface area contributed by atoms with E-state index in [9.17, 15) is 15.0 Å². The van der Waals surface area contributed by atoms with Gasteiger partial charge in [0.1, 0.15) is 17.6 Å². The van der Waals surface area contributed by atoms with E-state index in [1.165, 1.54) is 6.26 Å². The molecule has 0 fully saturated rings. The first-order valence-electron chi connectivity index (χ1n) is 6.83. The number of hydrogen-bond acceptors (Lipinski definition) is 4. The van der Waals surface area contributed by atoms with E-state index < -0.39 is 6.10 Å². The lowest BCUT2D eigenvalue weighted by atomic mass is 10.1. The quantitative estimate of drug-likeness (QED) is 0.761. The maximum atomic E-state index is 11.9. The molecule has 5 heteroatoms. The van der Waals surface area contributed by atoms with Crippen LogP contribution in [0.25, 0.3) is 0 Å². The summed E-state index contributed by atoms with van der Waals surface area (Å²) in [6.45, 7) is 1.83. The van der Waals surface area contributed by atoms with Crippen molar-refractivity contribution in [2.75, 3.05) is 0 Å². The predicted octanol–water partition coefficient (Wildman–Crippen LogP) is 2.16. The first-order valence-corrected chi connectivity index (χ1v) is 6.83. The number of carbonyl (C=O) groups is 1. The lowest BCUT2D eigenvalue weighted by Crippen LogP contribution is -2.34. The van der Waals surface area contributed by atoms with Crippen molar-refractivity contribution < 1.29 is 19.4 Å². The molecule has 3 N–H and O–H groups in total. The van der Waals surface area contributed by atoms with Crippen LogP contribution in [-0.2, 0) is 11.2 Å². The molecule has 0 saturated heterocycles. The third-order valence-corrected chi connectivity index (χ3v) is 3.13. The maximum Gasteiger partial charge on any atom is 0.224 e. The number of nitrogens with one attached hydrogen (secondary N) is 1. The van der Waals surface area contributed by atoms with Gasteiger partial charge in [-0.3, -0.25) is 4.79 Å². The fraction of sp³-hybridized carbons (Fsp3) is 0.312. The van der Waals surface area contributed by atoms with Crippen LogP contribution in [0.3, 0.4) is 0 Å². The van der Waals surface area contributed by atoms with E-state index in [1.807, 2.05) is 6.92 Å². The summed E-state index contributed by atoms with van der Waals surface area (Å²) in [4.78, 5) is 11.9. The minimum atomic E-state index is -0.740. The molecule has 2 atom stereocenters. The third kappa shape index (κ3) is 4.65. The van der Waals surface area contributed by atoms with Crippen molar-refractivity contribution in [1.82, 2.24) is 5.32 Å². The number of aliphatic hydroxyl groups excluding tert-OH is 1. The second-order valence-corrected chi connectivity index (χ2v) is 5.08. The molecule has 0 spiro atoms. The van der Waals surface area contributed by atoms with Crippen LogP contribution in [0.15, 0.2) is 47.1 Å². The topological polar surface area (TPSA) is 82.7 Å². The normalized spacial score (nSPS) is 13.6. The molecule has 5 nitrogen and oxygen atoms in total. The molecule has 0 bridgehead atoms. The molecule has 1 aromatic heterocycles. The number of aromatic hydroxyl groups is 1. The molecule has 0 aliphatic rings. The lowest BCUT2D eigenvalue weighted by Gasteiger charge is -2.16. The van der Waals surface area contributed by atoms with Gasteiger partial charge in [0, 0.05) is 12.5 Å². The fourth-order valence-corrected chi connectivity index (χ4v) is 2.17. The SMILES string of the molecule is CC(CC(O)c1ccco1)NC(=O)Cc1cccc(O)c1. The Labute approximate surface area is 123 Å². The van der Waals surface area contributed by atoms with Gasteiger partial charge in [-0.25, -0.2) is 0 Å². The molecule has 1 aromatic carbocycles. The van der Waals surface area contributed by atoms with E-state index in [0.717, 1.165) is 5.56 Å². The summed E-state index contributed by atoms with van der Waals surface area (Å²) in [6, 6.07) is 9.82. The van der Waals surface area contributed by atoms with Gasteiger partial charge >= 0.3 is 0 Å². The standard InChI is InChI=1S/C16H19NO4/c1-11(8-14(19)15-6-3-7-21-15)17-16(20)10-12-4-2-5-13(18)9-12/h2-7,9,11,14,18-19H,8,10H2,1H3,(H,17,20). The van der Waals surface area contributed by atoms with Crippen LogP contribution in [0.1, 0.15) is 30.8 Å². The van der Waals surface area contributed by atoms with Crippen molar-refractivity contribution in [3.8, 4) is 5.75 Å². The highest BCUT2D eigenvalue weighted by molar-refractivity contribution is 5.78. The summed E-state index contributed by atoms with van der Waals surface area (Å²) in [6.07, 6.45) is 1.33. The Morgan fingerprint density at radius 3 is 2.81 bits per heavy atom. The number of rotatable bonds is 6. The van der Waals surface area contributed by atoms with Gasteiger partial charge in [-0.15, -0.1) is 0 Å². The Morgan fingerprint density at radius 1 is 1.33 bits per heavy atom. The highest BCUT2D eigenvalue weighted by Crippen LogP contribution is 2.18. The van der Waals surface area contributed by atoms with Gasteiger partial charge in [-0.05, 0) is 36.8 Å². The van der Waals surface area contributed by atoms with Gasteiger partial charge in [-0.2, -0.15) is 0 Å². The number of hydrogen-bond donors (Lipinski definition) is 3. The zero-order valence-electron chi connectivity index (χ0n) is 11.8. The lowest BCUT2D eigenvalue weighted by molar-refractivity contribution is -0.121. The smallest absolute Gasteiger partial charge is 0.224 e. The van der Waals surface area contributed by atoms with Crippen LogP contribution in [-0.4, -0.2) is 22.2 Å². The number of phenolic OH excluding ortho intramolecular Hbond substituents is 1. The number of benzene rings is 1. The summed E-state index contributed by atoms with van der Waals surface area (Å²) in [5.74, 6) is 0.477. The second kappa shape index (κ2) is 6.95. The number of carbonyl (C=O) groups excluding carboxylic acids is 1. The van der Waals surface area contributed by atoms with Crippen LogP contribution in [0.4, 0.5) is 0 Å². The zero-order chi connectivity index (χ0) is 15.2. The van der Waals surface area contributed by atoms with Crippen molar-refractivity contribution in [1.29, 1.82) is 0 Å².